The number of carbonyl (C=O) groups is 1. The standard InChI is InChI=1S/C18H17ClFNO4S/c1-11(26(23)10-12-2-3-13(20)8-15(12)19)18(22)21-14-4-5-16-17(9-14)25-7-6-24-16/h2-5,8-9,11H,6-7,10H2,1H3,(H,21,22). The highest BCUT2D eigenvalue weighted by molar-refractivity contribution is 7.85. The summed E-state index contributed by atoms with van der Waals surface area (Å²) in [5.74, 6) is 0.388. The summed E-state index contributed by atoms with van der Waals surface area (Å²) in [7, 11) is -1.51. The molecule has 1 amide bonds. The lowest BCUT2D eigenvalue weighted by Crippen LogP contribution is -2.29. The van der Waals surface area contributed by atoms with E-state index in [1.165, 1.54) is 12.1 Å². The lowest BCUT2D eigenvalue weighted by atomic mass is 10.2. The molecule has 1 aliphatic heterocycles. The molecule has 0 aliphatic carbocycles. The van der Waals surface area contributed by atoms with Crippen molar-refractivity contribution >= 4 is 34.0 Å². The predicted octanol–water partition coefficient (Wildman–Crippen LogP) is 3.53. The maximum absolute atomic E-state index is 13.1. The van der Waals surface area contributed by atoms with E-state index in [4.69, 9.17) is 21.1 Å². The van der Waals surface area contributed by atoms with Crippen molar-refractivity contribution in [1.82, 2.24) is 0 Å². The van der Waals surface area contributed by atoms with Crippen LogP contribution in [0.5, 0.6) is 11.5 Å². The van der Waals surface area contributed by atoms with Crippen LogP contribution in [0.3, 0.4) is 0 Å². The van der Waals surface area contributed by atoms with E-state index in [-0.39, 0.29) is 10.8 Å². The second-order valence-electron chi connectivity index (χ2n) is 5.75. The van der Waals surface area contributed by atoms with E-state index >= 15 is 0 Å². The fourth-order valence-electron chi connectivity index (χ4n) is 2.40. The number of hydrogen-bond donors (Lipinski definition) is 1. The molecule has 1 aliphatic rings. The quantitative estimate of drug-likeness (QED) is 0.838. The second kappa shape index (κ2) is 8.05. The fourth-order valence-corrected chi connectivity index (χ4v) is 3.82. The van der Waals surface area contributed by atoms with E-state index in [1.807, 2.05) is 0 Å². The zero-order valence-corrected chi connectivity index (χ0v) is 15.5. The zero-order chi connectivity index (χ0) is 18.7. The second-order valence-corrected chi connectivity index (χ2v) is 7.92. The van der Waals surface area contributed by atoms with E-state index in [0.29, 0.717) is 36.0 Å². The van der Waals surface area contributed by atoms with E-state index in [1.54, 1.807) is 25.1 Å². The average molecular weight is 398 g/mol. The van der Waals surface area contributed by atoms with Gasteiger partial charge in [-0.3, -0.25) is 9.00 Å². The van der Waals surface area contributed by atoms with Crippen LogP contribution in [0.2, 0.25) is 5.02 Å². The highest BCUT2D eigenvalue weighted by Crippen LogP contribution is 2.32. The summed E-state index contributed by atoms with van der Waals surface area (Å²) < 4.78 is 36.5. The maximum Gasteiger partial charge on any atom is 0.239 e. The molecular formula is C18H17ClFNO4S. The SMILES string of the molecule is CC(C(=O)Nc1ccc2c(c1)OCCO2)S(=O)Cc1ccc(F)cc1Cl. The number of amides is 1. The molecular weight excluding hydrogens is 381 g/mol. The number of hydrogen-bond acceptors (Lipinski definition) is 4. The van der Waals surface area contributed by atoms with Crippen molar-refractivity contribution < 1.29 is 22.9 Å². The van der Waals surface area contributed by atoms with E-state index < -0.39 is 27.8 Å². The Hall–Kier alpha value is -2.12. The van der Waals surface area contributed by atoms with Crippen LogP contribution in [-0.2, 0) is 21.3 Å². The van der Waals surface area contributed by atoms with Crippen molar-refractivity contribution in [3.63, 3.8) is 0 Å². The van der Waals surface area contributed by atoms with Crippen molar-refractivity contribution in [3.05, 3.63) is 52.8 Å². The Balaban J connectivity index is 1.64. The Morgan fingerprint density at radius 2 is 1.96 bits per heavy atom. The highest BCUT2D eigenvalue weighted by atomic mass is 35.5. The van der Waals surface area contributed by atoms with Crippen LogP contribution < -0.4 is 14.8 Å². The Labute approximate surface area is 157 Å². The summed E-state index contributed by atoms with van der Waals surface area (Å²) in [6.45, 7) is 2.50. The minimum atomic E-state index is -1.51. The van der Waals surface area contributed by atoms with Gasteiger partial charge in [-0.05, 0) is 36.8 Å². The molecule has 1 N–H and O–H groups in total. The molecule has 1 heterocycles. The summed E-state index contributed by atoms with van der Waals surface area (Å²) in [5, 5.41) is 2.14. The van der Waals surface area contributed by atoms with Gasteiger partial charge < -0.3 is 14.8 Å². The van der Waals surface area contributed by atoms with Crippen LogP contribution in [0.4, 0.5) is 10.1 Å². The van der Waals surface area contributed by atoms with E-state index in [9.17, 15) is 13.4 Å². The molecule has 0 saturated heterocycles. The summed E-state index contributed by atoms with van der Waals surface area (Å²) in [4.78, 5) is 12.4. The monoisotopic (exact) mass is 397 g/mol. The number of anilines is 1. The minimum Gasteiger partial charge on any atom is -0.486 e. The molecule has 0 bridgehead atoms. The first kappa shape index (κ1) is 18.7. The van der Waals surface area contributed by atoms with Crippen LogP contribution >= 0.6 is 11.6 Å². The zero-order valence-electron chi connectivity index (χ0n) is 14.0. The molecule has 2 aromatic rings. The van der Waals surface area contributed by atoms with E-state index in [0.717, 1.165) is 6.07 Å². The lowest BCUT2D eigenvalue weighted by Gasteiger charge is -2.19. The number of carbonyl (C=O) groups excluding carboxylic acids is 1. The molecule has 5 nitrogen and oxygen atoms in total. The molecule has 8 heteroatoms. The van der Waals surface area contributed by atoms with Gasteiger partial charge in [0.05, 0.1) is 5.75 Å². The largest absolute Gasteiger partial charge is 0.486 e. The van der Waals surface area contributed by atoms with Crippen LogP contribution in [0.1, 0.15) is 12.5 Å². The molecule has 0 aromatic heterocycles. The molecule has 3 rings (SSSR count). The topological polar surface area (TPSA) is 64.6 Å². The summed E-state index contributed by atoms with van der Waals surface area (Å²) in [5.41, 5.74) is 1.06. The Kier molecular flexibility index (Phi) is 5.78. The molecule has 0 spiro atoms. The lowest BCUT2D eigenvalue weighted by molar-refractivity contribution is -0.115. The number of benzene rings is 2. The molecule has 0 saturated carbocycles. The first-order valence-electron chi connectivity index (χ1n) is 7.95. The predicted molar refractivity (Wildman–Crippen MR) is 98.8 cm³/mol. The van der Waals surface area contributed by atoms with E-state index in [2.05, 4.69) is 5.32 Å². The highest BCUT2D eigenvalue weighted by Gasteiger charge is 2.22. The van der Waals surface area contributed by atoms with Crippen molar-refractivity contribution in [2.75, 3.05) is 18.5 Å². The first-order valence-corrected chi connectivity index (χ1v) is 9.71. The number of ether oxygens (including phenoxy) is 2. The van der Waals surface area contributed by atoms with Gasteiger partial charge in [-0.2, -0.15) is 0 Å². The van der Waals surface area contributed by atoms with Gasteiger partial charge in [0.25, 0.3) is 0 Å². The molecule has 138 valence electrons. The van der Waals surface area contributed by atoms with Crippen LogP contribution in [0.15, 0.2) is 36.4 Å². The van der Waals surface area contributed by atoms with Gasteiger partial charge in [0.1, 0.15) is 24.3 Å². The summed E-state index contributed by atoms with van der Waals surface area (Å²) in [6, 6.07) is 8.95. The van der Waals surface area contributed by atoms with Gasteiger partial charge in [0, 0.05) is 27.6 Å². The van der Waals surface area contributed by atoms with Crippen molar-refractivity contribution in [3.8, 4) is 11.5 Å². The molecule has 26 heavy (non-hydrogen) atoms. The van der Waals surface area contributed by atoms with Crippen LogP contribution in [-0.4, -0.2) is 28.6 Å². The average Bonchev–Trinajstić information content (AvgIpc) is 2.63. The van der Waals surface area contributed by atoms with Crippen LogP contribution in [0.25, 0.3) is 0 Å². The first-order chi connectivity index (χ1) is 12.4. The number of rotatable bonds is 5. The summed E-state index contributed by atoms with van der Waals surface area (Å²) >= 11 is 5.95. The van der Waals surface area contributed by atoms with Crippen molar-refractivity contribution in [2.24, 2.45) is 0 Å². The fraction of sp³-hybridized carbons (Fsp3) is 0.278. The third kappa shape index (κ3) is 4.34. The number of nitrogens with one attached hydrogen (secondary N) is 1. The van der Waals surface area contributed by atoms with Crippen molar-refractivity contribution in [1.29, 1.82) is 0 Å². The normalized spacial score (nSPS) is 15.2. The molecule has 2 unspecified atom stereocenters. The molecule has 0 radical (unpaired) electrons. The molecule has 0 fully saturated rings. The minimum absolute atomic E-state index is 0.0643. The van der Waals surface area contributed by atoms with Gasteiger partial charge in [0.15, 0.2) is 11.5 Å². The smallest absolute Gasteiger partial charge is 0.239 e. The Morgan fingerprint density at radius 3 is 2.69 bits per heavy atom. The molecule has 2 atom stereocenters. The Bertz CT molecular complexity index is 861. The third-order valence-electron chi connectivity index (χ3n) is 3.89. The van der Waals surface area contributed by atoms with Gasteiger partial charge in [-0.15, -0.1) is 0 Å². The third-order valence-corrected chi connectivity index (χ3v) is 5.84. The summed E-state index contributed by atoms with van der Waals surface area (Å²) in [6.07, 6.45) is 0. The van der Waals surface area contributed by atoms with Gasteiger partial charge in [-0.25, -0.2) is 4.39 Å². The Morgan fingerprint density at radius 1 is 1.23 bits per heavy atom. The van der Waals surface area contributed by atoms with Gasteiger partial charge >= 0.3 is 0 Å². The van der Waals surface area contributed by atoms with Gasteiger partial charge in [0.2, 0.25) is 5.91 Å². The van der Waals surface area contributed by atoms with Crippen LogP contribution in [0, 0.1) is 5.82 Å². The number of halogens is 2. The number of fused-ring (bicyclic) bond motifs is 1. The van der Waals surface area contributed by atoms with Crippen molar-refractivity contribution in [2.45, 2.75) is 17.9 Å². The molecule has 2 aromatic carbocycles. The van der Waals surface area contributed by atoms with Gasteiger partial charge in [-0.1, -0.05) is 17.7 Å². The maximum atomic E-state index is 13.1.